The fourth-order valence-electron chi connectivity index (χ4n) is 1.56. The molecule has 1 atom stereocenters. The standard InChI is InChI=1S/C12H11ClFNS/c13-9-5-6-16-12(9)11(15)7-8-3-1-2-4-10(8)14/h1-6,11H,7,15H2. The summed E-state index contributed by atoms with van der Waals surface area (Å²) < 4.78 is 13.4. The number of benzene rings is 1. The maximum absolute atomic E-state index is 13.4. The Bertz CT molecular complexity index is 483. The first-order valence-electron chi connectivity index (χ1n) is 4.90. The summed E-state index contributed by atoms with van der Waals surface area (Å²) in [6.45, 7) is 0. The van der Waals surface area contributed by atoms with Gasteiger partial charge in [0.05, 0.1) is 5.02 Å². The van der Waals surface area contributed by atoms with Crippen molar-refractivity contribution in [2.24, 2.45) is 5.73 Å². The van der Waals surface area contributed by atoms with Crippen LogP contribution < -0.4 is 5.73 Å². The minimum Gasteiger partial charge on any atom is -0.323 e. The molecule has 1 unspecified atom stereocenters. The average Bonchev–Trinajstić information content (AvgIpc) is 2.68. The van der Waals surface area contributed by atoms with Gasteiger partial charge in [-0.1, -0.05) is 29.8 Å². The van der Waals surface area contributed by atoms with Crippen LogP contribution in [-0.2, 0) is 6.42 Å². The van der Waals surface area contributed by atoms with Crippen molar-refractivity contribution in [3.8, 4) is 0 Å². The van der Waals surface area contributed by atoms with Gasteiger partial charge >= 0.3 is 0 Å². The Morgan fingerprint density at radius 2 is 2.06 bits per heavy atom. The van der Waals surface area contributed by atoms with Crippen molar-refractivity contribution in [3.63, 3.8) is 0 Å². The van der Waals surface area contributed by atoms with E-state index in [1.807, 2.05) is 11.4 Å². The number of hydrogen-bond acceptors (Lipinski definition) is 2. The molecule has 1 aromatic carbocycles. The molecule has 0 fully saturated rings. The largest absolute Gasteiger partial charge is 0.323 e. The normalized spacial score (nSPS) is 12.7. The molecule has 2 N–H and O–H groups in total. The van der Waals surface area contributed by atoms with E-state index in [-0.39, 0.29) is 11.9 Å². The van der Waals surface area contributed by atoms with Crippen LogP contribution in [0.5, 0.6) is 0 Å². The molecule has 1 heterocycles. The lowest BCUT2D eigenvalue weighted by molar-refractivity contribution is 0.595. The summed E-state index contributed by atoms with van der Waals surface area (Å²) in [5, 5.41) is 2.55. The zero-order chi connectivity index (χ0) is 11.5. The molecule has 1 nitrogen and oxygen atoms in total. The summed E-state index contributed by atoms with van der Waals surface area (Å²) in [5.74, 6) is -0.217. The molecule has 2 aromatic rings. The van der Waals surface area contributed by atoms with Gasteiger partial charge in [0.15, 0.2) is 0 Å². The minimum absolute atomic E-state index is 0.217. The lowest BCUT2D eigenvalue weighted by Crippen LogP contribution is -2.13. The van der Waals surface area contributed by atoms with Crippen molar-refractivity contribution in [2.45, 2.75) is 12.5 Å². The van der Waals surface area contributed by atoms with E-state index in [0.717, 1.165) is 4.88 Å². The van der Waals surface area contributed by atoms with Crippen LogP contribution in [0.2, 0.25) is 5.02 Å². The monoisotopic (exact) mass is 255 g/mol. The van der Waals surface area contributed by atoms with Gasteiger partial charge in [0.2, 0.25) is 0 Å². The maximum atomic E-state index is 13.4. The molecule has 0 aliphatic carbocycles. The molecule has 1 aromatic heterocycles. The molecule has 0 bridgehead atoms. The highest BCUT2D eigenvalue weighted by molar-refractivity contribution is 7.10. The molecule has 4 heteroatoms. The summed E-state index contributed by atoms with van der Waals surface area (Å²) in [4.78, 5) is 0.907. The summed E-state index contributed by atoms with van der Waals surface area (Å²) in [6, 6.07) is 8.23. The Labute approximate surface area is 103 Å². The van der Waals surface area contributed by atoms with E-state index in [1.165, 1.54) is 17.4 Å². The predicted octanol–water partition coefficient (Wildman–Crippen LogP) is 3.78. The number of nitrogens with two attached hydrogens (primary N) is 1. The van der Waals surface area contributed by atoms with Crippen molar-refractivity contribution in [1.29, 1.82) is 0 Å². The first-order chi connectivity index (χ1) is 7.68. The Balaban J connectivity index is 2.17. The first-order valence-corrected chi connectivity index (χ1v) is 6.16. The molecule has 0 amide bonds. The second-order valence-corrected chi connectivity index (χ2v) is 4.89. The lowest BCUT2D eigenvalue weighted by Gasteiger charge is -2.11. The summed E-state index contributed by atoms with van der Waals surface area (Å²) >= 11 is 7.48. The van der Waals surface area contributed by atoms with E-state index >= 15 is 0 Å². The number of rotatable bonds is 3. The van der Waals surface area contributed by atoms with Crippen LogP contribution in [0.3, 0.4) is 0 Å². The number of hydrogen-bond donors (Lipinski definition) is 1. The lowest BCUT2D eigenvalue weighted by atomic mass is 10.1. The Morgan fingerprint density at radius 1 is 1.31 bits per heavy atom. The average molecular weight is 256 g/mol. The van der Waals surface area contributed by atoms with Crippen molar-refractivity contribution in [3.05, 3.63) is 57.0 Å². The van der Waals surface area contributed by atoms with Gasteiger partial charge in [-0.2, -0.15) is 0 Å². The quantitative estimate of drug-likeness (QED) is 0.887. The van der Waals surface area contributed by atoms with Crippen molar-refractivity contribution in [1.82, 2.24) is 0 Å². The molecule has 0 saturated carbocycles. The molecule has 84 valence electrons. The molecule has 0 radical (unpaired) electrons. The molecular weight excluding hydrogens is 245 g/mol. The minimum atomic E-state index is -0.246. The number of halogens is 2. The van der Waals surface area contributed by atoms with Gasteiger partial charge in [-0.3, -0.25) is 0 Å². The Morgan fingerprint density at radius 3 is 2.69 bits per heavy atom. The van der Waals surface area contributed by atoms with E-state index in [9.17, 15) is 4.39 Å². The van der Waals surface area contributed by atoms with E-state index < -0.39 is 0 Å². The first kappa shape index (κ1) is 11.6. The molecular formula is C12H11ClFNS. The third kappa shape index (κ3) is 2.43. The van der Waals surface area contributed by atoms with Gasteiger partial charge in [-0.25, -0.2) is 4.39 Å². The highest BCUT2D eigenvalue weighted by Gasteiger charge is 2.14. The fourth-order valence-corrected chi connectivity index (χ4v) is 2.76. The highest BCUT2D eigenvalue weighted by Crippen LogP contribution is 2.29. The smallest absolute Gasteiger partial charge is 0.126 e. The zero-order valence-electron chi connectivity index (χ0n) is 8.49. The van der Waals surface area contributed by atoms with Crippen LogP contribution >= 0.6 is 22.9 Å². The van der Waals surface area contributed by atoms with Crippen LogP contribution in [-0.4, -0.2) is 0 Å². The van der Waals surface area contributed by atoms with Crippen molar-refractivity contribution < 1.29 is 4.39 Å². The van der Waals surface area contributed by atoms with E-state index in [2.05, 4.69) is 0 Å². The molecule has 16 heavy (non-hydrogen) atoms. The SMILES string of the molecule is NC(Cc1ccccc1F)c1sccc1Cl. The van der Waals surface area contributed by atoms with E-state index in [0.29, 0.717) is 17.0 Å². The Kier molecular flexibility index (Phi) is 3.59. The van der Waals surface area contributed by atoms with Gasteiger partial charge in [0.1, 0.15) is 5.82 Å². The summed E-state index contributed by atoms with van der Waals surface area (Å²) in [5.41, 5.74) is 6.62. The molecule has 0 saturated heterocycles. The van der Waals surface area contributed by atoms with E-state index in [1.54, 1.807) is 18.2 Å². The molecule has 2 rings (SSSR count). The molecule has 0 spiro atoms. The highest BCUT2D eigenvalue weighted by atomic mass is 35.5. The van der Waals surface area contributed by atoms with Crippen LogP contribution in [0.4, 0.5) is 4.39 Å². The maximum Gasteiger partial charge on any atom is 0.126 e. The van der Waals surface area contributed by atoms with Crippen molar-refractivity contribution in [2.75, 3.05) is 0 Å². The summed E-state index contributed by atoms with van der Waals surface area (Å²) in [6.07, 6.45) is 0.465. The summed E-state index contributed by atoms with van der Waals surface area (Å²) in [7, 11) is 0. The van der Waals surface area contributed by atoms with Crippen molar-refractivity contribution >= 4 is 22.9 Å². The van der Waals surface area contributed by atoms with Gasteiger partial charge < -0.3 is 5.73 Å². The van der Waals surface area contributed by atoms with Crippen LogP contribution in [0, 0.1) is 5.82 Å². The van der Waals surface area contributed by atoms with Gasteiger partial charge in [0.25, 0.3) is 0 Å². The Hall–Kier alpha value is -0.900. The fraction of sp³-hybridized carbons (Fsp3) is 0.167. The second kappa shape index (κ2) is 4.95. The third-order valence-electron chi connectivity index (χ3n) is 2.38. The number of thiophene rings is 1. The zero-order valence-corrected chi connectivity index (χ0v) is 10.1. The molecule has 0 aliphatic rings. The van der Waals surface area contributed by atoms with Crippen LogP contribution in [0.25, 0.3) is 0 Å². The van der Waals surface area contributed by atoms with Gasteiger partial charge in [-0.15, -0.1) is 11.3 Å². The second-order valence-electron chi connectivity index (χ2n) is 3.53. The van der Waals surface area contributed by atoms with Gasteiger partial charge in [-0.05, 0) is 29.5 Å². The predicted molar refractivity (Wildman–Crippen MR) is 66.4 cm³/mol. The van der Waals surface area contributed by atoms with Crippen LogP contribution in [0.1, 0.15) is 16.5 Å². The van der Waals surface area contributed by atoms with Crippen LogP contribution in [0.15, 0.2) is 35.7 Å². The van der Waals surface area contributed by atoms with Gasteiger partial charge in [0, 0.05) is 10.9 Å². The van der Waals surface area contributed by atoms with E-state index in [4.69, 9.17) is 17.3 Å². The third-order valence-corrected chi connectivity index (χ3v) is 3.87. The molecule has 0 aliphatic heterocycles. The topological polar surface area (TPSA) is 26.0 Å².